The average Bonchev–Trinajstić information content (AvgIpc) is 2.83. The minimum atomic E-state index is -0.544. The second-order valence-electron chi connectivity index (χ2n) is 7.96. The maximum Gasteiger partial charge on any atom is 0.141 e. The summed E-state index contributed by atoms with van der Waals surface area (Å²) >= 11 is 0. The van der Waals surface area contributed by atoms with Crippen LogP contribution in [-0.2, 0) is 37.0 Å². The maximum absolute atomic E-state index is 15.1. The topological polar surface area (TPSA) is 58.8 Å². The summed E-state index contributed by atoms with van der Waals surface area (Å²) in [5.41, 5.74) is 3.36. The number of halogens is 2. The van der Waals surface area contributed by atoms with Crippen LogP contribution in [0.25, 0.3) is 10.8 Å². The van der Waals surface area contributed by atoms with Crippen molar-refractivity contribution in [3.63, 3.8) is 0 Å². The summed E-state index contributed by atoms with van der Waals surface area (Å²) in [5, 5.41) is 10.3. The first-order valence-electron chi connectivity index (χ1n) is 10.7. The number of benzene rings is 3. The van der Waals surface area contributed by atoms with Gasteiger partial charge in [-0.3, -0.25) is 0 Å². The van der Waals surface area contributed by atoms with Gasteiger partial charge < -0.3 is 4.74 Å². The van der Waals surface area contributed by atoms with Crippen molar-refractivity contribution in [3.05, 3.63) is 106 Å². The third kappa shape index (κ3) is 5.39. The zero-order valence-electron chi connectivity index (χ0n) is 18.3. The van der Waals surface area contributed by atoms with Crippen LogP contribution in [0.5, 0.6) is 0 Å². The summed E-state index contributed by atoms with van der Waals surface area (Å²) < 4.78 is 34.0. The fraction of sp³-hybridized carbons (Fsp3) is 0.222. The van der Waals surface area contributed by atoms with Gasteiger partial charge >= 0.3 is 0 Å². The first-order valence-corrected chi connectivity index (χ1v) is 10.7. The lowest BCUT2D eigenvalue weighted by atomic mass is 9.98. The first kappa shape index (κ1) is 22.5. The molecule has 0 amide bonds. The van der Waals surface area contributed by atoms with Crippen molar-refractivity contribution < 1.29 is 13.5 Å². The Labute approximate surface area is 191 Å². The third-order valence-corrected chi connectivity index (χ3v) is 5.64. The van der Waals surface area contributed by atoms with E-state index in [-0.39, 0.29) is 11.4 Å². The van der Waals surface area contributed by atoms with Crippen LogP contribution in [0.1, 0.15) is 33.6 Å². The summed E-state index contributed by atoms with van der Waals surface area (Å²) in [6, 6.07) is 15.8. The first-order chi connectivity index (χ1) is 16.1. The normalized spacial score (nSPS) is 11.0. The smallest absolute Gasteiger partial charge is 0.141 e. The molecule has 0 atom stereocenters. The van der Waals surface area contributed by atoms with Gasteiger partial charge in [0.25, 0.3) is 0 Å². The number of nitrogens with zero attached hydrogens (tertiary/aromatic N) is 3. The lowest BCUT2D eigenvalue weighted by Crippen LogP contribution is -2.00. The van der Waals surface area contributed by atoms with Crippen molar-refractivity contribution in [1.82, 2.24) is 9.97 Å². The molecule has 1 aromatic heterocycles. The zero-order chi connectivity index (χ0) is 23.2. The highest BCUT2D eigenvalue weighted by molar-refractivity contribution is 5.84. The Bertz CT molecular complexity index is 1310. The van der Waals surface area contributed by atoms with Crippen LogP contribution < -0.4 is 0 Å². The highest BCUT2D eigenvalue weighted by atomic mass is 19.1. The molecule has 0 saturated heterocycles. The van der Waals surface area contributed by atoms with Gasteiger partial charge in [-0.25, -0.2) is 18.7 Å². The molecule has 0 spiro atoms. The molecule has 166 valence electrons. The third-order valence-electron chi connectivity index (χ3n) is 5.64. The number of hydrogen-bond acceptors (Lipinski definition) is 4. The van der Waals surface area contributed by atoms with Crippen LogP contribution in [0.2, 0.25) is 0 Å². The van der Waals surface area contributed by atoms with Crippen molar-refractivity contribution in [2.45, 2.75) is 32.3 Å². The highest BCUT2D eigenvalue weighted by Crippen LogP contribution is 2.24. The van der Waals surface area contributed by atoms with Crippen molar-refractivity contribution in [2.24, 2.45) is 0 Å². The van der Waals surface area contributed by atoms with E-state index in [9.17, 15) is 4.39 Å². The number of aryl methyl sites for hydroxylation is 4. The van der Waals surface area contributed by atoms with Crippen LogP contribution in [-0.4, -0.2) is 17.1 Å². The predicted octanol–water partition coefficient (Wildman–Crippen LogP) is 5.50. The average molecular weight is 443 g/mol. The Morgan fingerprint density at radius 2 is 1.58 bits per heavy atom. The molecule has 0 N–H and O–H groups in total. The summed E-state index contributed by atoms with van der Waals surface area (Å²) in [6.45, 7) is 0.489. The Kier molecular flexibility index (Phi) is 7.01. The quantitative estimate of drug-likeness (QED) is 0.361. The lowest BCUT2D eigenvalue weighted by molar-refractivity contribution is 0.184. The van der Waals surface area contributed by atoms with E-state index in [0.717, 1.165) is 34.3 Å². The van der Waals surface area contributed by atoms with E-state index in [1.165, 1.54) is 12.1 Å². The summed E-state index contributed by atoms with van der Waals surface area (Å²) in [7, 11) is 1.63. The Hall–Kier alpha value is -3.69. The molecule has 0 radical (unpaired) electrons. The largest absolute Gasteiger partial charge is 0.380 e. The second kappa shape index (κ2) is 10.3. The monoisotopic (exact) mass is 443 g/mol. The van der Waals surface area contributed by atoms with Gasteiger partial charge in [0.15, 0.2) is 0 Å². The number of aromatic nitrogens is 2. The summed E-state index contributed by atoms with van der Waals surface area (Å²) in [5.74, 6) is -0.0289. The summed E-state index contributed by atoms with van der Waals surface area (Å²) in [4.78, 5) is 8.74. The van der Waals surface area contributed by atoms with Crippen LogP contribution in [0.15, 0.2) is 60.9 Å². The van der Waals surface area contributed by atoms with Crippen molar-refractivity contribution >= 4 is 10.8 Å². The van der Waals surface area contributed by atoms with Crippen molar-refractivity contribution in [3.8, 4) is 6.07 Å². The number of hydrogen-bond donors (Lipinski definition) is 0. The van der Waals surface area contributed by atoms with E-state index in [0.29, 0.717) is 36.8 Å². The molecule has 6 heteroatoms. The molecule has 0 aliphatic heterocycles. The molecule has 0 aliphatic rings. The number of methoxy groups -OCH3 is 1. The molecule has 0 aliphatic carbocycles. The Morgan fingerprint density at radius 3 is 2.30 bits per heavy atom. The standard InChI is InChI=1S/C27H23F2N3O/c1-33-17-20-15-31-26(32-16-20)11-5-18-4-10-24-22(12-18)9-8-21(27(24)29)6-2-19-3-7-23(14-30)25(28)13-19/h3-4,7-10,12-13,15-16H,2,5-6,11,17H2,1H3. The van der Waals surface area contributed by atoms with Gasteiger partial charge in [0.2, 0.25) is 0 Å². The molecule has 1 heterocycles. The lowest BCUT2D eigenvalue weighted by Gasteiger charge is -2.09. The molecule has 0 unspecified atom stereocenters. The van der Waals surface area contributed by atoms with E-state index < -0.39 is 5.82 Å². The molecule has 33 heavy (non-hydrogen) atoms. The van der Waals surface area contributed by atoms with Crippen molar-refractivity contribution in [2.75, 3.05) is 7.11 Å². The zero-order valence-corrected chi connectivity index (χ0v) is 18.3. The molecule has 4 rings (SSSR count). The number of fused-ring (bicyclic) bond motifs is 1. The van der Waals surface area contributed by atoms with Gasteiger partial charge in [-0.05, 0) is 53.5 Å². The van der Waals surface area contributed by atoms with Gasteiger partial charge in [0, 0.05) is 36.9 Å². The number of nitriles is 1. The molecule has 0 fully saturated rings. The van der Waals surface area contributed by atoms with E-state index in [2.05, 4.69) is 9.97 Å². The van der Waals surface area contributed by atoms with E-state index in [1.807, 2.05) is 30.3 Å². The summed E-state index contributed by atoms with van der Waals surface area (Å²) in [6.07, 6.45) is 5.94. The van der Waals surface area contributed by atoms with Crippen LogP contribution in [0, 0.1) is 23.0 Å². The van der Waals surface area contributed by atoms with Gasteiger partial charge in [-0.15, -0.1) is 0 Å². The van der Waals surface area contributed by atoms with Crippen LogP contribution in [0.4, 0.5) is 8.78 Å². The maximum atomic E-state index is 15.1. The van der Waals surface area contributed by atoms with Crippen molar-refractivity contribution in [1.29, 1.82) is 5.26 Å². The van der Waals surface area contributed by atoms with E-state index >= 15 is 4.39 Å². The minimum absolute atomic E-state index is 0.0149. The van der Waals surface area contributed by atoms with Gasteiger partial charge in [-0.1, -0.05) is 36.4 Å². The van der Waals surface area contributed by atoms with Crippen LogP contribution in [0.3, 0.4) is 0 Å². The van der Waals surface area contributed by atoms with Crippen LogP contribution >= 0.6 is 0 Å². The molecular weight excluding hydrogens is 420 g/mol. The van der Waals surface area contributed by atoms with E-state index in [1.54, 1.807) is 31.6 Å². The number of rotatable bonds is 8. The second-order valence-corrected chi connectivity index (χ2v) is 7.96. The van der Waals surface area contributed by atoms with Gasteiger partial charge in [-0.2, -0.15) is 5.26 Å². The minimum Gasteiger partial charge on any atom is -0.380 e. The molecule has 0 saturated carbocycles. The fourth-order valence-corrected chi connectivity index (χ4v) is 3.83. The Morgan fingerprint density at radius 1 is 0.848 bits per heavy atom. The molecule has 4 nitrogen and oxygen atoms in total. The molecular formula is C27H23F2N3O. The molecule has 0 bridgehead atoms. The fourth-order valence-electron chi connectivity index (χ4n) is 3.83. The highest BCUT2D eigenvalue weighted by Gasteiger charge is 2.10. The predicted molar refractivity (Wildman–Crippen MR) is 123 cm³/mol. The Balaban J connectivity index is 1.43. The number of ether oxygens (including phenoxy) is 1. The molecule has 4 aromatic rings. The SMILES string of the molecule is COCc1cnc(CCc2ccc3c(F)c(CCc4ccc(C#N)c(F)c4)ccc3c2)nc1. The van der Waals surface area contributed by atoms with Gasteiger partial charge in [0.1, 0.15) is 23.5 Å². The van der Waals surface area contributed by atoms with E-state index in [4.69, 9.17) is 10.00 Å². The molecule has 3 aromatic carbocycles. The van der Waals surface area contributed by atoms with Gasteiger partial charge in [0.05, 0.1) is 12.2 Å².